The Hall–Kier alpha value is -1.67. The number of sulfone groups is 1. The lowest BCUT2D eigenvalue weighted by molar-refractivity contribution is -0.386. The molecule has 0 bridgehead atoms. The van der Waals surface area contributed by atoms with Crippen molar-refractivity contribution in [3.05, 3.63) is 28.3 Å². The molecule has 7 nitrogen and oxygen atoms in total. The summed E-state index contributed by atoms with van der Waals surface area (Å²) >= 11 is 0. The molecule has 134 valence electrons. The number of nitrogens with zero attached hydrogens (tertiary/aromatic N) is 2. The van der Waals surface area contributed by atoms with E-state index in [9.17, 15) is 18.5 Å². The number of likely N-dealkylation sites (tertiary alicyclic amines) is 1. The number of nitrogens with one attached hydrogen (secondary N) is 1. The Labute approximate surface area is 143 Å². The first-order chi connectivity index (χ1) is 11.2. The maximum atomic E-state index is 11.8. The van der Waals surface area contributed by atoms with Crippen LogP contribution in [0.4, 0.5) is 11.4 Å². The molecule has 1 aliphatic rings. The minimum absolute atomic E-state index is 0.245. The number of rotatable bonds is 6. The molecule has 1 fully saturated rings. The lowest BCUT2D eigenvalue weighted by Crippen LogP contribution is -2.41. The van der Waals surface area contributed by atoms with E-state index in [1.165, 1.54) is 12.1 Å². The molecule has 0 radical (unpaired) electrons. The molecule has 24 heavy (non-hydrogen) atoms. The fourth-order valence-electron chi connectivity index (χ4n) is 3.14. The van der Waals surface area contributed by atoms with Crippen LogP contribution in [-0.2, 0) is 9.84 Å². The van der Waals surface area contributed by atoms with E-state index < -0.39 is 14.8 Å². The van der Waals surface area contributed by atoms with Crippen molar-refractivity contribution in [3.8, 4) is 0 Å². The maximum Gasteiger partial charge on any atom is 0.310 e. The van der Waals surface area contributed by atoms with Crippen LogP contribution in [0.25, 0.3) is 0 Å². The van der Waals surface area contributed by atoms with Gasteiger partial charge in [0.1, 0.15) is 10.6 Å². The summed E-state index contributed by atoms with van der Waals surface area (Å²) in [5.41, 5.74) is -0.0962. The first-order valence-corrected chi connectivity index (χ1v) is 10.0. The van der Waals surface area contributed by atoms with Crippen LogP contribution in [0.5, 0.6) is 0 Å². The summed E-state index contributed by atoms with van der Waals surface area (Å²) in [5.74, 6) is 0.391. The predicted octanol–water partition coefficient (Wildman–Crippen LogP) is 2.53. The number of nitro groups is 1. The van der Waals surface area contributed by atoms with Crippen LogP contribution in [-0.4, -0.2) is 50.2 Å². The second-order valence-electron chi connectivity index (χ2n) is 6.66. The largest absolute Gasteiger partial charge is 0.379 e. The van der Waals surface area contributed by atoms with Gasteiger partial charge < -0.3 is 10.2 Å². The fourth-order valence-corrected chi connectivity index (χ4v) is 4.00. The molecule has 1 N–H and O–H groups in total. The summed E-state index contributed by atoms with van der Waals surface area (Å²) in [4.78, 5) is 12.9. The number of nitro benzene ring substituents is 1. The van der Waals surface area contributed by atoms with E-state index in [0.717, 1.165) is 32.2 Å². The molecule has 1 heterocycles. The van der Waals surface area contributed by atoms with Crippen molar-refractivity contribution in [2.24, 2.45) is 5.92 Å². The van der Waals surface area contributed by atoms with Gasteiger partial charge in [-0.05, 0) is 51.3 Å². The molecule has 1 saturated heterocycles. The molecule has 2 rings (SSSR count). The zero-order valence-electron chi connectivity index (χ0n) is 14.4. The summed E-state index contributed by atoms with van der Waals surface area (Å²) < 4.78 is 23.6. The van der Waals surface area contributed by atoms with E-state index in [1.54, 1.807) is 6.07 Å². The van der Waals surface area contributed by atoms with Gasteiger partial charge in [-0.15, -0.1) is 0 Å². The molecular formula is C16H25N3O4S. The van der Waals surface area contributed by atoms with Crippen molar-refractivity contribution in [1.29, 1.82) is 0 Å². The van der Waals surface area contributed by atoms with Crippen LogP contribution in [0.3, 0.4) is 0 Å². The number of anilines is 1. The third-order valence-corrected chi connectivity index (χ3v) is 5.57. The third-order valence-electron chi connectivity index (χ3n) is 4.44. The van der Waals surface area contributed by atoms with E-state index in [1.807, 2.05) is 0 Å². The van der Waals surface area contributed by atoms with E-state index >= 15 is 0 Å². The second-order valence-corrected chi connectivity index (χ2v) is 8.64. The van der Waals surface area contributed by atoms with E-state index in [4.69, 9.17) is 0 Å². The number of piperidine rings is 1. The smallest absolute Gasteiger partial charge is 0.310 e. The van der Waals surface area contributed by atoms with Crippen LogP contribution in [0.15, 0.2) is 23.1 Å². The average molecular weight is 355 g/mol. The molecule has 8 heteroatoms. The fraction of sp³-hybridized carbons (Fsp3) is 0.625. The van der Waals surface area contributed by atoms with Crippen LogP contribution < -0.4 is 5.32 Å². The summed E-state index contributed by atoms with van der Waals surface area (Å²) in [6, 6.07) is 4.86. The van der Waals surface area contributed by atoms with Gasteiger partial charge in [0.25, 0.3) is 0 Å². The van der Waals surface area contributed by atoms with Crippen LogP contribution in [0.2, 0.25) is 0 Å². The highest BCUT2D eigenvalue weighted by Crippen LogP contribution is 2.32. The highest BCUT2D eigenvalue weighted by molar-refractivity contribution is 7.90. The lowest BCUT2D eigenvalue weighted by Gasteiger charge is -2.35. The molecule has 0 amide bonds. The first kappa shape index (κ1) is 18.7. The quantitative estimate of drug-likeness (QED) is 0.623. The molecule has 1 aliphatic heterocycles. The van der Waals surface area contributed by atoms with Gasteiger partial charge in [-0.2, -0.15) is 0 Å². The minimum atomic E-state index is -3.65. The SMILES string of the molecule is CC(C)N1CCCC(CNc2cccc(S(C)(=O)=O)c2[N+](=O)[O-])C1. The van der Waals surface area contributed by atoms with Crippen molar-refractivity contribution in [3.63, 3.8) is 0 Å². The molecule has 1 aromatic carbocycles. The Balaban J connectivity index is 2.17. The van der Waals surface area contributed by atoms with Gasteiger partial charge in [-0.3, -0.25) is 10.1 Å². The molecule has 1 aromatic rings. The Morgan fingerprint density at radius 2 is 2.12 bits per heavy atom. The molecule has 0 saturated carbocycles. The molecule has 1 unspecified atom stereocenters. The predicted molar refractivity (Wildman–Crippen MR) is 94.1 cm³/mol. The zero-order valence-corrected chi connectivity index (χ0v) is 15.2. The zero-order chi connectivity index (χ0) is 17.9. The van der Waals surface area contributed by atoms with E-state index in [0.29, 0.717) is 18.5 Å². The molecular weight excluding hydrogens is 330 g/mol. The lowest BCUT2D eigenvalue weighted by atomic mass is 9.97. The van der Waals surface area contributed by atoms with Crippen LogP contribution >= 0.6 is 0 Å². The van der Waals surface area contributed by atoms with Gasteiger partial charge in [0.15, 0.2) is 9.84 Å². The van der Waals surface area contributed by atoms with Gasteiger partial charge in [0.05, 0.1) is 4.92 Å². The summed E-state index contributed by atoms with van der Waals surface area (Å²) in [6.45, 7) is 6.95. The van der Waals surface area contributed by atoms with Crippen molar-refractivity contribution >= 4 is 21.2 Å². The van der Waals surface area contributed by atoms with Gasteiger partial charge in [0.2, 0.25) is 0 Å². The summed E-state index contributed by atoms with van der Waals surface area (Å²) in [6.07, 6.45) is 3.16. The third kappa shape index (κ3) is 4.45. The van der Waals surface area contributed by atoms with E-state index in [-0.39, 0.29) is 16.3 Å². The number of hydrogen-bond donors (Lipinski definition) is 1. The van der Waals surface area contributed by atoms with Crippen molar-refractivity contribution in [2.45, 2.75) is 37.6 Å². The van der Waals surface area contributed by atoms with Gasteiger partial charge in [0, 0.05) is 25.4 Å². The van der Waals surface area contributed by atoms with Crippen LogP contribution in [0.1, 0.15) is 26.7 Å². The maximum absolute atomic E-state index is 11.8. The Morgan fingerprint density at radius 3 is 2.71 bits per heavy atom. The Bertz CT molecular complexity index is 703. The van der Waals surface area contributed by atoms with Gasteiger partial charge >= 0.3 is 5.69 Å². The topological polar surface area (TPSA) is 92.6 Å². The second kappa shape index (κ2) is 7.48. The highest BCUT2D eigenvalue weighted by atomic mass is 32.2. The molecule has 0 spiro atoms. The number of hydrogen-bond acceptors (Lipinski definition) is 6. The summed E-state index contributed by atoms with van der Waals surface area (Å²) in [7, 11) is -3.65. The van der Waals surface area contributed by atoms with Gasteiger partial charge in [-0.1, -0.05) is 6.07 Å². The monoisotopic (exact) mass is 355 g/mol. The Kier molecular flexibility index (Phi) is 5.82. The van der Waals surface area contributed by atoms with Gasteiger partial charge in [-0.25, -0.2) is 8.42 Å². The van der Waals surface area contributed by atoms with Crippen molar-refractivity contribution in [2.75, 3.05) is 31.2 Å². The standard InChI is InChI=1S/C16H25N3O4S/c1-12(2)18-9-5-6-13(11-18)10-17-14-7-4-8-15(24(3,22)23)16(14)19(20)21/h4,7-8,12-13,17H,5-6,9-11H2,1-3H3. The van der Waals surface area contributed by atoms with Crippen molar-refractivity contribution < 1.29 is 13.3 Å². The van der Waals surface area contributed by atoms with Crippen molar-refractivity contribution in [1.82, 2.24) is 4.90 Å². The average Bonchev–Trinajstić information content (AvgIpc) is 2.51. The first-order valence-electron chi connectivity index (χ1n) is 8.15. The summed E-state index contributed by atoms with van der Waals surface area (Å²) in [5, 5.41) is 14.5. The number of para-hydroxylation sites is 1. The molecule has 0 aromatic heterocycles. The highest BCUT2D eigenvalue weighted by Gasteiger charge is 2.27. The van der Waals surface area contributed by atoms with Crippen LogP contribution in [0, 0.1) is 16.0 Å². The molecule has 1 atom stereocenters. The number of benzene rings is 1. The van der Waals surface area contributed by atoms with E-state index in [2.05, 4.69) is 24.1 Å². The molecule has 0 aliphatic carbocycles. The minimum Gasteiger partial charge on any atom is -0.379 e. The Morgan fingerprint density at radius 1 is 1.42 bits per heavy atom. The normalized spacial score (nSPS) is 19.4.